The van der Waals surface area contributed by atoms with Crippen molar-refractivity contribution in [1.29, 1.82) is 0 Å². The first-order valence-corrected chi connectivity index (χ1v) is 4.52. The topological polar surface area (TPSA) is 74.6 Å². The van der Waals surface area contributed by atoms with Crippen LogP contribution in [-0.2, 0) is 4.79 Å². The van der Waals surface area contributed by atoms with Gasteiger partial charge in [0.1, 0.15) is 6.29 Å². The lowest BCUT2D eigenvalue weighted by Gasteiger charge is -2.14. The number of benzene rings is 1. The molecular weight excluding hydrogens is 196 g/mol. The average Bonchev–Trinajstić information content (AvgIpc) is 2.27. The van der Waals surface area contributed by atoms with E-state index in [4.69, 9.17) is 5.11 Å². The zero-order chi connectivity index (χ0) is 11.4. The van der Waals surface area contributed by atoms with Crippen LogP contribution in [0.3, 0.4) is 0 Å². The second-order valence-corrected chi connectivity index (χ2v) is 3.36. The molecule has 0 spiro atoms. The SMILES string of the molecule is CC(C(=O)O)C(O)c1ccc(C=O)cc1. The summed E-state index contributed by atoms with van der Waals surface area (Å²) in [5.74, 6) is -1.92. The molecule has 15 heavy (non-hydrogen) atoms. The first-order valence-electron chi connectivity index (χ1n) is 4.52. The number of carbonyl (C=O) groups excluding carboxylic acids is 1. The van der Waals surface area contributed by atoms with E-state index in [0.717, 1.165) is 0 Å². The number of aliphatic carboxylic acids is 1. The summed E-state index contributed by atoms with van der Waals surface area (Å²) in [5, 5.41) is 18.4. The second kappa shape index (κ2) is 4.70. The number of hydrogen-bond acceptors (Lipinski definition) is 3. The van der Waals surface area contributed by atoms with E-state index >= 15 is 0 Å². The van der Waals surface area contributed by atoms with Gasteiger partial charge in [0.15, 0.2) is 0 Å². The van der Waals surface area contributed by atoms with Crippen LogP contribution < -0.4 is 0 Å². The van der Waals surface area contributed by atoms with Crippen molar-refractivity contribution in [1.82, 2.24) is 0 Å². The molecule has 80 valence electrons. The monoisotopic (exact) mass is 208 g/mol. The third-order valence-electron chi connectivity index (χ3n) is 2.28. The van der Waals surface area contributed by atoms with E-state index in [1.807, 2.05) is 0 Å². The van der Waals surface area contributed by atoms with Crippen LogP contribution in [0.1, 0.15) is 28.9 Å². The summed E-state index contributed by atoms with van der Waals surface area (Å²) in [6, 6.07) is 6.18. The van der Waals surface area contributed by atoms with E-state index in [-0.39, 0.29) is 0 Å². The molecule has 0 heterocycles. The predicted molar refractivity (Wildman–Crippen MR) is 53.6 cm³/mol. The van der Waals surface area contributed by atoms with Crippen LogP contribution >= 0.6 is 0 Å². The Morgan fingerprint density at radius 2 is 1.87 bits per heavy atom. The van der Waals surface area contributed by atoms with Gasteiger partial charge in [0.2, 0.25) is 0 Å². The maximum atomic E-state index is 10.6. The lowest BCUT2D eigenvalue weighted by atomic mass is 9.97. The van der Waals surface area contributed by atoms with Crippen molar-refractivity contribution in [2.75, 3.05) is 0 Å². The van der Waals surface area contributed by atoms with Gasteiger partial charge in [-0.25, -0.2) is 0 Å². The molecule has 1 rings (SSSR count). The quantitative estimate of drug-likeness (QED) is 0.730. The van der Waals surface area contributed by atoms with Crippen LogP contribution in [0, 0.1) is 5.92 Å². The fraction of sp³-hybridized carbons (Fsp3) is 0.273. The molecule has 2 unspecified atom stereocenters. The highest BCUT2D eigenvalue weighted by atomic mass is 16.4. The first kappa shape index (κ1) is 11.4. The van der Waals surface area contributed by atoms with Crippen LogP contribution in [0.2, 0.25) is 0 Å². The molecule has 2 atom stereocenters. The molecule has 0 saturated heterocycles. The normalized spacial score (nSPS) is 14.3. The molecule has 0 fully saturated rings. The third-order valence-corrected chi connectivity index (χ3v) is 2.28. The molecule has 1 aromatic rings. The number of carboxylic acid groups (broad SMARTS) is 1. The Labute approximate surface area is 87.2 Å². The van der Waals surface area contributed by atoms with Crippen molar-refractivity contribution in [2.45, 2.75) is 13.0 Å². The highest BCUT2D eigenvalue weighted by Crippen LogP contribution is 2.21. The summed E-state index contributed by atoms with van der Waals surface area (Å²) < 4.78 is 0. The van der Waals surface area contributed by atoms with Gasteiger partial charge in [0, 0.05) is 5.56 Å². The highest BCUT2D eigenvalue weighted by Gasteiger charge is 2.22. The molecule has 2 N–H and O–H groups in total. The maximum absolute atomic E-state index is 10.6. The van der Waals surface area contributed by atoms with Crippen LogP contribution in [0.15, 0.2) is 24.3 Å². The van der Waals surface area contributed by atoms with Crippen LogP contribution in [0.5, 0.6) is 0 Å². The van der Waals surface area contributed by atoms with E-state index < -0.39 is 18.0 Å². The zero-order valence-electron chi connectivity index (χ0n) is 8.25. The van der Waals surface area contributed by atoms with Gasteiger partial charge in [-0.15, -0.1) is 0 Å². The minimum atomic E-state index is -1.05. The van der Waals surface area contributed by atoms with Crippen molar-refractivity contribution >= 4 is 12.3 Å². The Kier molecular flexibility index (Phi) is 3.57. The lowest BCUT2D eigenvalue weighted by Crippen LogP contribution is -2.18. The van der Waals surface area contributed by atoms with Gasteiger partial charge >= 0.3 is 5.97 Å². The van der Waals surface area contributed by atoms with Gasteiger partial charge < -0.3 is 10.2 Å². The summed E-state index contributed by atoms with van der Waals surface area (Å²) in [6.45, 7) is 1.43. The fourth-order valence-corrected chi connectivity index (χ4v) is 1.20. The maximum Gasteiger partial charge on any atom is 0.309 e. The number of carbonyl (C=O) groups is 2. The van der Waals surface area contributed by atoms with Crippen molar-refractivity contribution in [3.63, 3.8) is 0 Å². The largest absolute Gasteiger partial charge is 0.481 e. The molecule has 0 aliphatic heterocycles. The molecule has 0 saturated carbocycles. The molecular formula is C11H12O4. The molecule has 4 nitrogen and oxygen atoms in total. The molecule has 4 heteroatoms. The average molecular weight is 208 g/mol. The Bertz CT molecular complexity index is 355. The minimum absolute atomic E-state index is 0.494. The van der Waals surface area contributed by atoms with E-state index in [2.05, 4.69) is 0 Å². The smallest absolute Gasteiger partial charge is 0.309 e. The number of hydrogen-bond donors (Lipinski definition) is 2. The number of carboxylic acids is 1. The number of rotatable bonds is 4. The Morgan fingerprint density at radius 1 is 1.33 bits per heavy atom. The molecule has 0 radical (unpaired) electrons. The van der Waals surface area contributed by atoms with Crippen LogP contribution in [0.4, 0.5) is 0 Å². The molecule has 0 aromatic heterocycles. The predicted octanol–water partition coefficient (Wildman–Crippen LogP) is 1.25. The molecule has 0 amide bonds. The van der Waals surface area contributed by atoms with Crippen molar-refractivity contribution in [3.8, 4) is 0 Å². The third kappa shape index (κ3) is 2.63. The van der Waals surface area contributed by atoms with Gasteiger partial charge in [-0.2, -0.15) is 0 Å². The van der Waals surface area contributed by atoms with E-state index in [9.17, 15) is 14.7 Å². The molecule has 0 bridgehead atoms. The number of aliphatic hydroxyl groups excluding tert-OH is 1. The van der Waals surface area contributed by atoms with E-state index in [1.165, 1.54) is 6.92 Å². The van der Waals surface area contributed by atoms with Gasteiger partial charge in [0.25, 0.3) is 0 Å². The van der Waals surface area contributed by atoms with E-state index in [1.54, 1.807) is 24.3 Å². The summed E-state index contributed by atoms with van der Waals surface area (Å²) in [4.78, 5) is 21.0. The summed E-state index contributed by atoms with van der Waals surface area (Å²) in [7, 11) is 0. The molecule has 1 aromatic carbocycles. The Balaban J connectivity index is 2.86. The summed E-state index contributed by atoms with van der Waals surface area (Å²) in [5.41, 5.74) is 0.990. The highest BCUT2D eigenvalue weighted by molar-refractivity contribution is 5.75. The zero-order valence-corrected chi connectivity index (χ0v) is 8.25. The van der Waals surface area contributed by atoms with E-state index in [0.29, 0.717) is 17.4 Å². The summed E-state index contributed by atoms with van der Waals surface area (Å²) in [6.07, 6.45) is -0.361. The molecule has 0 aliphatic rings. The van der Waals surface area contributed by atoms with Gasteiger partial charge in [-0.05, 0) is 12.5 Å². The van der Waals surface area contributed by atoms with Gasteiger partial charge in [-0.3, -0.25) is 9.59 Å². The Morgan fingerprint density at radius 3 is 2.27 bits per heavy atom. The minimum Gasteiger partial charge on any atom is -0.481 e. The van der Waals surface area contributed by atoms with Gasteiger partial charge in [0.05, 0.1) is 12.0 Å². The Hall–Kier alpha value is -1.68. The van der Waals surface area contributed by atoms with Crippen LogP contribution in [-0.4, -0.2) is 22.5 Å². The fourth-order valence-electron chi connectivity index (χ4n) is 1.20. The second-order valence-electron chi connectivity index (χ2n) is 3.36. The lowest BCUT2D eigenvalue weighted by molar-refractivity contribution is -0.145. The number of aliphatic hydroxyl groups is 1. The standard InChI is InChI=1S/C11H12O4/c1-7(11(14)15)10(13)9-4-2-8(6-12)3-5-9/h2-7,10,13H,1H3,(H,14,15). The number of aldehydes is 1. The van der Waals surface area contributed by atoms with Crippen molar-refractivity contribution in [3.05, 3.63) is 35.4 Å². The molecule has 0 aliphatic carbocycles. The van der Waals surface area contributed by atoms with Gasteiger partial charge in [-0.1, -0.05) is 24.3 Å². The van der Waals surface area contributed by atoms with Crippen molar-refractivity contribution in [2.24, 2.45) is 5.92 Å². The van der Waals surface area contributed by atoms with Crippen molar-refractivity contribution < 1.29 is 19.8 Å². The first-order chi connectivity index (χ1) is 7.06. The van der Waals surface area contributed by atoms with Crippen LogP contribution in [0.25, 0.3) is 0 Å². The summed E-state index contributed by atoms with van der Waals surface area (Å²) >= 11 is 0.